The van der Waals surface area contributed by atoms with Gasteiger partial charge in [-0.15, -0.1) is 11.3 Å². The van der Waals surface area contributed by atoms with Crippen molar-refractivity contribution >= 4 is 28.7 Å². The fourth-order valence-corrected chi connectivity index (χ4v) is 2.60. The summed E-state index contributed by atoms with van der Waals surface area (Å²) in [6.07, 6.45) is 0.813. The fourth-order valence-electron chi connectivity index (χ4n) is 1.95. The van der Waals surface area contributed by atoms with Gasteiger partial charge in [-0.1, -0.05) is 6.07 Å². The van der Waals surface area contributed by atoms with Crippen LogP contribution in [0.25, 0.3) is 0 Å². The number of ether oxygens (including phenoxy) is 1. The summed E-state index contributed by atoms with van der Waals surface area (Å²) in [7, 11) is 0. The second-order valence-electron chi connectivity index (χ2n) is 4.52. The zero-order chi connectivity index (χ0) is 15.2. The Balaban J connectivity index is 2.00. The van der Waals surface area contributed by atoms with E-state index in [1.54, 1.807) is 30.4 Å². The molecular weight excluding hydrogens is 286 g/mol. The maximum absolute atomic E-state index is 11.8. The van der Waals surface area contributed by atoms with Crippen molar-refractivity contribution in [1.82, 2.24) is 4.98 Å². The van der Waals surface area contributed by atoms with Gasteiger partial charge in [0.05, 0.1) is 34.2 Å². The van der Waals surface area contributed by atoms with Crippen LogP contribution in [0.15, 0.2) is 23.6 Å². The first kappa shape index (κ1) is 15.3. The number of hydrogen-bond donors (Lipinski definition) is 2. The molecule has 0 aliphatic carbocycles. The minimum absolute atomic E-state index is 0.332. The van der Waals surface area contributed by atoms with Crippen LogP contribution in [0.4, 0.5) is 11.4 Å². The zero-order valence-corrected chi connectivity index (χ0v) is 13.0. The number of anilines is 2. The van der Waals surface area contributed by atoms with Gasteiger partial charge in [-0.25, -0.2) is 9.78 Å². The van der Waals surface area contributed by atoms with Crippen molar-refractivity contribution in [2.45, 2.75) is 20.3 Å². The van der Waals surface area contributed by atoms with Crippen LogP contribution in [0.3, 0.4) is 0 Å². The molecule has 2 aromatic rings. The summed E-state index contributed by atoms with van der Waals surface area (Å²) in [6, 6.07) is 5.31. The summed E-state index contributed by atoms with van der Waals surface area (Å²) in [5, 5.41) is 6.35. The van der Waals surface area contributed by atoms with Crippen LogP contribution in [0.2, 0.25) is 0 Å². The van der Waals surface area contributed by atoms with Crippen LogP contribution >= 0.6 is 11.3 Å². The van der Waals surface area contributed by atoms with E-state index in [4.69, 9.17) is 10.5 Å². The number of carbonyl (C=O) groups excluding carboxylic acids is 1. The van der Waals surface area contributed by atoms with Crippen molar-refractivity contribution < 1.29 is 9.53 Å². The van der Waals surface area contributed by atoms with Gasteiger partial charge in [-0.3, -0.25) is 0 Å². The number of nitrogens with one attached hydrogen (secondary N) is 1. The number of nitrogen functional groups attached to an aromatic ring is 1. The third-order valence-corrected chi connectivity index (χ3v) is 3.79. The van der Waals surface area contributed by atoms with Crippen molar-refractivity contribution in [2.24, 2.45) is 0 Å². The molecule has 0 radical (unpaired) electrons. The summed E-state index contributed by atoms with van der Waals surface area (Å²) >= 11 is 1.64. The van der Waals surface area contributed by atoms with Crippen LogP contribution in [0.1, 0.15) is 28.0 Å². The second kappa shape index (κ2) is 7.08. The van der Waals surface area contributed by atoms with Crippen LogP contribution in [-0.4, -0.2) is 24.1 Å². The molecule has 112 valence electrons. The molecule has 1 heterocycles. The van der Waals surface area contributed by atoms with Crippen molar-refractivity contribution in [3.8, 4) is 0 Å². The number of esters is 1. The molecule has 1 aromatic carbocycles. The zero-order valence-electron chi connectivity index (χ0n) is 12.2. The summed E-state index contributed by atoms with van der Waals surface area (Å²) in [5.74, 6) is -0.395. The smallest absolute Gasteiger partial charge is 0.340 e. The first-order valence-electron chi connectivity index (χ1n) is 6.82. The molecule has 5 nitrogen and oxygen atoms in total. The number of benzene rings is 1. The Kier molecular flexibility index (Phi) is 5.16. The molecule has 21 heavy (non-hydrogen) atoms. The summed E-state index contributed by atoms with van der Waals surface area (Å²) in [4.78, 5) is 16.2. The second-order valence-corrected chi connectivity index (χ2v) is 5.58. The first-order valence-corrected chi connectivity index (χ1v) is 7.70. The lowest BCUT2D eigenvalue weighted by molar-refractivity contribution is 0.0527. The molecule has 0 fully saturated rings. The average Bonchev–Trinajstić information content (AvgIpc) is 2.86. The molecule has 0 atom stereocenters. The molecule has 0 saturated carbocycles. The third kappa shape index (κ3) is 3.95. The molecule has 0 saturated heterocycles. The van der Waals surface area contributed by atoms with Gasteiger partial charge in [-0.2, -0.15) is 0 Å². The minimum Gasteiger partial charge on any atom is -0.462 e. The molecule has 0 amide bonds. The predicted molar refractivity (Wildman–Crippen MR) is 85.9 cm³/mol. The molecular formula is C15H19N3O2S. The number of carbonyl (C=O) groups is 1. The minimum atomic E-state index is -0.395. The van der Waals surface area contributed by atoms with Crippen molar-refractivity contribution in [3.05, 3.63) is 39.8 Å². The van der Waals surface area contributed by atoms with Gasteiger partial charge in [0.2, 0.25) is 0 Å². The highest BCUT2D eigenvalue weighted by molar-refractivity contribution is 7.09. The van der Waals surface area contributed by atoms with E-state index in [0.29, 0.717) is 24.4 Å². The number of nitrogens with two attached hydrogens (primary N) is 1. The molecule has 3 N–H and O–H groups in total. The Bertz CT molecular complexity index is 625. The molecule has 6 heteroatoms. The van der Waals surface area contributed by atoms with Gasteiger partial charge >= 0.3 is 5.97 Å². The summed E-state index contributed by atoms with van der Waals surface area (Å²) < 4.78 is 4.98. The van der Waals surface area contributed by atoms with E-state index in [-0.39, 0.29) is 0 Å². The number of rotatable bonds is 6. The van der Waals surface area contributed by atoms with E-state index >= 15 is 0 Å². The summed E-state index contributed by atoms with van der Waals surface area (Å²) in [5.41, 5.74) is 8.64. The SMILES string of the molecule is CCOC(=O)c1cccc(NCCc2csc(C)n2)c1N. The van der Waals surface area contributed by atoms with Gasteiger partial charge in [0.25, 0.3) is 0 Å². The lowest BCUT2D eigenvalue weighted by atomic mass is 10.1. The monoisotopic (exact) mass is 305 g/mol. The van der Waals surface area contributed by atoms with Crippen LogP contribution in [0, 0.1) is 6.92 Å². The Morgan fingerprint density at radius 2 is 2.29 bits per heavy atom. The van der Waals surface area contributed by atoms with Gasteiger partial charge in [-0.05, 0) is 26.0 Å². The number of aryl methyl sites for hydroxylation is 1. The van der Waals surface area contributed by atoms with Gasteiger partial charge in [0.1, 0.15) is 0 Å². The molecule has 1 aromatic heterocycles. The Labute approximate surface area is 128 Å². The van der Waals surface area contributed by atoms with Gasteiger partial charge < -0.3 is 15.8 Å². The highest BCUT2D eigenvalue weighted by Crippen LogP contribution is 2.23. The van der Waals surface area contributed by atoms with Crippen LogP contribution < -0.4 is 11.1 Å². The number of para-hydroxylation sites is 1. The molecule has 0 unspecified atom stereocenters. The van der Waals surface area contributed by atoms with Crippen molar-refractivity contribution in [2.75, 3.05) is 24.2 Å². The van der Waals surface area contributed by atoms with Gasteiger partial charge in [0.15, 0.2) is 0 Å². The van der Waals surface area contributed by atoms with Crippen molar-refractivity contribution in [3.63, 3.8) is 0 Å². The van der Waals surface area contributed by atoms with Gasteiger partial charge in [0, 0.05) is 18.3 Å². The average molecular weight is 305 g/mol. The molecule has 0 spiro atoms. The van der Waals surface area contributed by atoms with E-state index in [0.717, 1.165) is 22.8 Å². The number of thiazole rings is 1. The molecule has 0 aliphatic heterocycles. The quantitative estimate of drug-likeness (QED) is 0.634. The van der Waals surface area contributed by atoms with E-state index in [2.05, 4.69) is 15.7 Å². The van der Waals surface area contributed by atoms with Crippen LogP contribution in [0.5, 0.6) is 0 Å². The number of nitrogens with zero attached hydrogens (tertiary/aromatic N) is 1. The number of hydrogen-bond acceptors (Lipinski definition) is 6. The third-order valence-electron chi connectivity index (χ3n) is 2.96. The van der Waals surface area contributed by atoms with Crippen LogP contribution in [-0.2, 0) is 11.2 Å². The lowest BCUT2D eigenvalue weighted by Gasteiger charge is -2.12. The van der Waals surface area contributed by atoms with E-state index in [9.17, 15) is 4.79 Å². The largest absolute Gasteiger partial charge is 0.462 e. The Morgan fingerprint density at radius 1 is 1.48 bits per heavy atom. The maximum atomic E-state index is 11.8. The fraction of sp³-hybridized carbons (Fsp3) is 0.333. The maximum Gasteiger partial charge on any atom is 0.340 e. The van der Waals surface area contributed by atoms with E-state index in [1.807, 2.05) is 13.0 Å². The normalized spacial score (nSPS) is 10.4. The standard InChI is InChI=1S/C15H19N3O2S/c1-3-20-15(19)12-5-4-6-13(14(12)16)17-8-7-11-9-21-10(2)18-11/h4-6,9,17H,3,7-8,16H2,1-2H3. The highest BCUT2D eigenvalue weighted by Gasteiger charge is 2.13. The highest BCUT2D eigenvalue weighted by atomic mass is 32.1. The molecule has 2 rings (SSSR count). The molecule has 0 aliphatic rings. The first-order chi connectivity index (χ1) is 10.1. The molecule has 0 bridgehead atoms. The number of aromatic nitrogens is 1. The van der Waals surface area contributed by atoms with E-state index < -0.39 is 5.97 Å². The Hall–Kier alpha value is -2.08. The predicted octanol–water partition coefficient (Wildman–Crippen LogP) is 2.87. The summed E-state index contributed by atoms with van der Waals surface area (Å²) in [6.45, 7) is 4.80. The Morgan fingerprint density at radius 3 is 2.95 bits per heavy atom. The van der Waals surface area contributed by atoms with Crippen molar-refractivity contribution in [1.29, 1.82) is 0 Å². The lowest BCUT2D eigenvalue weighted by Crippen LogP contribution is -2.12. The van der Waals surface area contributed by atoms with E-state index in [1.165, 1.54) is 0 Å². The topological polar surface area (TPSA) is 77.2 Å².